The highest BCUT2D eigenvalue weighted by atomic mass is 35.5. The van der Waals surface area contributed by atoms with E-state index in [1.165, 1.54) is 5.69 Å². The summed E-state index contributed by atoms with van der Waals surface area (Å²) in [6, 6.07) is 4.11. The van der Waals surface area contributed by atoms with E-state index in [1.807, 2.05) is 10.7 Å². The molecule has 0 radical (unpaired) electrons. The van der Waals surface area contributed by atoms with Gasteiger partial charge in [0.25, 0.3) is 0 Å². The van der Waals surface area contributed by atoms with Crippen LogP contribution >= 0.6 is 11.6 Å². The molecule has 0 fully saturated rings. The van der Waals surface area contributed by atoms with E-state index < -0.39 is 0 Å². The molecule has 0 saturated heterocycles. The summed E-state index contributed by atoms with van der Waals surface area (Å²) in [6.07, 6.45) is 5.48. The number of aryl methyl sites for hydroxylation is 2. The molecule has 0 amide bonds. The molecule has 0 N–H and O–H groups in total. The van der Waals surface area contributed by atoms with Crippen molar-refractivity contribution >= 4 is 11.6 Å². The van der Waals surface area contributed by atoms with Crippen LogP contribution in [0.2, 0.25) is 0 Å². The Morgan fingerprint density at radius 1 is 1.29 bits per heavy atom. The van der Waals surface area contributed by atoms with E-state index in [0.717, 1.165) is 29.8 Å². The Bertz CT molecular complexity index is 505. The maximum absolute atomic E-state index is 5.94. The Labute approximate surface area is 106 Å². The van der Waals surface area contributed by atoms with Gasteiger partial charge in [-0.3, -0.25) is 4.98 Å². The molecule has 0 saturated carbocycles. The SMILES string of the molecule is CCc1cc(CC)n(-c2ccncc2CCl)n1. The van der Waals surface area contributed by atoms with Crippen molar-refractivity contribution in [2.45, 2.75) is 32.6 Å². The second kappa shape index (κ2) is 5.32. The molecule has 0 aliphatic heterocycles. The lowest BCUT2D eigenvalue weighted by atomic mass is 10.2. The Hall–Kier alpha value is -1.35. The van der Waals surface area contributed by atoms with E-state index >= 15 is 0 Å². The summed E-state index contributed by atoms with van der Waals surface area (Å²) in [7, 11) is 0. The molecule has 90 valence electrons. The topological polar surface area (TPSA) is 30.7 Å². The van der Waals surface area contributed by atoms with Gasteiger partial charge < -0.3 is 0 Å². The maximum Gasteiger partial charge on any atom is 0.0723 e. The zero-order valence-corrected chi connectivity index (χ0v) is 10.9. The van der Waals surface area contributed by atoms with Gasteiger partial charge in [-0.2, -0.15) is 5.10 Å². The third kappa shape index (κ3) is 2.34. The molecule has 0 aliphatic carbocycles. The first-order valence-electron chi connectivity index (χ1n) is 5.87. The first kappa shape index (κ1) is 12.1. The zero-order chi connectivity index (χ0) is 12.3. The lowest BCUT2D eigenvalue weighted by Gasteiger charge is -2.09. The summed E-state index contributed by atoms with van der Waals surface area (Å²) in [4.78, 5) is 4.10. The van der Waals surface area contributed by atoms with Gasteiger partial charge in [0.05, 0.1) is 17.3 Å². The van der Waals surface area contributed by atoms with Crippen LogP contribution in [0.3, 0.4) is 0 Å². The monoisotopic (exact) mass is 249 g/mol. The van der Waals surface area contributed by atoms with Gasteiger partial charge in [0.15, 0.2) is 0 Å². The number of halogens is 1. The van der Waals surface area contributed by atoms with E-state index in [9.17, 15) is 0 Å². The number of hydrogen-bond acceptors (Lipinski definition) is 2. The van der Waals surface area contributed by atoms with Crippen molar-refractivity contribution < 1.29 is 0 Å². The molecule has 0 bridgehead atoms. The van der Waals surface area contributed by atoms with Crippen molar-refractivity contribution in [1.82, 2.24) is 14.8 Å². The molecule has 2 aromatic heterocycles. The fraction of sp³-hybridized carbons (Fsp3) is 0.385. The molecule has 2 aromatic rings. The highest BCUT2D eigenvalue weighted by Crippen LogP contribution is 2.18. The number of nitrogens with zero attached hydrogens (tertiary/aromatic N) is 3. The highest BCUT2D eigenvalue weighted by Gasteiger charge is 2.10. The predicted octanol–water partition coefficient (Wildman–Crippen LogP) is 3.13. The summed E-state index contributed by atoms with van der Waals surface area (Å²) in [5.41, 5.74) is 4.36. The molecular formula is C13H16ClN3. The molecular weight excluding hydrogens is 234 g/mol. The Morgan fingerprint density at radius 3 is 2.76 bits per heavy atom. The van der Waals surface area contributed by atoms with Crippen LogP contribution in [0.15, 0.2) is 24.5 Å². The average molecular weight is 250 g/mol. The summed E-state index contributed by atoms with van der Waals surface area (Å²) in [5.74, 6) is 0.452. The Morgan fingerprint density at radius 2 is 2.12 bits per heavy atom. The van der Waals surface area contributed by atoms with Gasteiger partial charge in [-0.1, -0.05) is 13.8 Å². The van der Waals surface area contributed by atoms with Gasteiger partial charge in [0, 0.05) is 23.7 Å². The third-order valence-electron chi connectivity index (χ3n) is 2.81. The number of rotatable bonds is 4. The van der Waals surface area contributed by atoms with Crippen molar-refractivity contribution in [3.8, 4) is 5.69 Å². The zero-order valence-electron chi connectivity index (χ0n) is 10.2. The quantitative estimate of drug-likeness (QED) is 0.780. The van der Waals surface area contributed by atoms with Crippen molar-refractivity contribution in [2.75, 3.05) is 0 Å². The van der Waals surface area contributed by atoms with E-state index in [4.69, 9.17) is 11.6 Å². The minimum atomic E-state index is 0.452. The second-order valence-electron chi connectivity index (χ2n) is 3.88. The smallest absolute Gasteiger partial charge is 0.0723 e. The molecule has 4 heteroatoms. The minimum Gasteiger partial charge on any atom is -0.264 e. The van der Waals surface area contributed by atoms with Gasteiger partial charge in [0.1, 0.15) is 0 Å². The first-order chi connectivity index (χ1) is 8.30. The van der Waals surface area contributed by atoms with Crippen LogP contribution in [-0.4, -0.2) is 14.8 Å². The van der Waals surface area contributed by atoms with Crippen LogP contribution in [-0.2, 0) is 18.7 Å². The van der Waals surface area contributed by atoms with E-state index in [1.54, 1.807) is 12.4 Å². The molecule has 0 unspecified atom stereocenters. The first-order valence-corrected chi connectivity index (χ1v) is 6.40. The van der Waals surface area contributed by atoms with E-state index in [2.05, 4.69) is 30.0 Å². The van der Waals surface area contributed by atoms with Gasteiger partial charge >= 0.3 is 0 Å². The Kier molecular flexibility index (Phi) is 3.79. The van der Waals surface area contributed by atoms with Gasteiger partial charge in [0.2, 0.25) is 0 Å². The molecule has 2 heterocycles. The van der Waals surface area contributed by atoms with Crippen LogP contribution in [0.25, 0.3) is 5.69 Å². The molecule has 0 aromatic carbocycles. The van der Waals surface area contributed by atoms with Gasteiger partial charge in [-0.05, 0) is 25.0 Å². The maximum atomic E-state index is 5.94. The number of aromatic nitrogens is 3. The predicted molar refractivity (Wildman–Crippen MR) is 69.7 cm³/mol. The van der Waals surface area contributed by atoms with Crippen molar-refractivity contribution in [1.29, 1.82) is 0 Å². The molecule has 3 nitrogen and oxygen atoms in total. The Balaban J connectivity index is 2.54. The average Bonchev–Trinajstić information content (AvgIpc) is 2.81. The van der Waals surface area contributed by atoms with E-state index in [0.29, 0.717) is 5.88 Å². The van der Waals surface area contributed by atoms with Crippen LogP contribution in [0.4, 0.5) is 0 Å². The van der Waals surface area contributed by atoms with Crippen LogP contribution in [0.5, 0.6) is 0 Å². The van der Waals surface area contributed by atoms with Gasteiger partial charge in [-0.25, -0.2) is 4.68 Å². The van der Waals surface area contributed by atoms with Crippen molar-refractivity contribution in [2.24, 2.45) is 0 Å². The molecule has 0 spiro atoms. The van der Waals surface area contributed by atoms with Crippen LogP contribution in [0.1, 0.15) is 30.8 Å². The molecule has 17 heavy (non-hydrogen) atoms. The van der Waals surface area contributed by atoms with Crippen LogP contribution < -0.4 is 0 Å². The third-order valence-corrected chi connectivity index (χ3v) is 3.10. The summed E-state index contributed by atoms with van der Waals surface area (Å²) in [5, 5.41) is 4.61. The summed E-state index contributed by atoms with van der Waals surface area (Å²) >= 11 is 5.94. The largest absolute Gasteiger partial charge is 0.264 e. The molecule has 0 aliphatic rings. The van der Waals surface area contributed by atoms with Crippen molar-refractivity contribution in [3.63, 3.8) is 0 Å². The van der Waals surface area contributed by atoms with Gasteiger partial charge in [-0.15, -0.1) is 11.6 Å². The van der Waals surface area contributed by atoms with Crippen molar-refractivity contribution in [3.05, 3.63) is 41.5 Å². The normalized spacial score (nSPS) is 10.8. The number of hydrogen-bond donors (Lipinski definition) is 0. The minimum absolute atomic E-state index is 0.452. The number of alkyl halides is 1. The van der Waals surface area contributed by atoms with Crippen LogP contribution in [0, 0.1) is 0 Å². The lowest BCUT2D eigenvalue weighted by Crippen LogP contribution is -2.05. The highest BCUT2D eigenvalue weighted by molar-refractivity contribution is 6.17. The summed E-state index contributed by atoms with van der Waals surface area (Å²) in [6.45, 7) is 4.25. The molecule has 0 atom stereocenters. The standard InChI is InChI=1S/C13H16ClN3/c1-3-11-7-12(4-2)17(16-11)13-5-6-15-9-10(13)8-14/h5-7,9H,3-4,8H2,1-2H3. The summed E-state index contributed by atoms with van der Waals surface area (Å²) < 4.78 is 1.98. The molecule has 2 rings (SSSR count). The lowest BCUT2D eigenvalue weighted by molar-refractivity contribution is 0.786. The second-order valence-corrected chi connectivity index (χ2v) is 4.15. The number of pyridine rings is 1. The fourth-order valence-corrected chi connectivity index (χ4v) is 2.04. The van der Waals surface area contributed by atoms with E-state index in [-0.39, 0.29) is 0 Å². The fourth-order valence-electron chi connectivity index (χ4n) is 1.84.